The van der Waals surface area contributed by atoms with Gasteiger partial charge in [0, 0.05) is 6.20 Å². The molecule has 1 N–H and O–H groups in total. The Morgan fingerprint density at radius 2 is 1.83 bits per heavy atom. The minimum Gasteiger partial charge on any atom is -0.348 e. The number of fused-ring (bicyclic) bond motifs is 4. The van der Waals surface area contributed by atoms with Crippen molar-refractivity contribution in [3.8, 4) is 5.69 Å². The number of para-hydroxylation sites is 2. The van der Waals surface area contributed by atoms with Crippen LogP contribution in [0.15, 0.2) is 71.9 Å². The highest BCUT2D eigenvalue weighted by molar-refractivity contribution is 7.99. The van der Waals surface area contributed by atoms with Gasteiger partial charge in [0.05, 0.1) is 28.2 Å². The molecular formula is C24H23N3O2S. The number of hydrogen-bond acceptors (Lipinski definition) is 3. The molecule has 5 nitrogen and oxygen atoms in total. The highest BCUT2D eigenvalue weighted by Gasteiger charge is 2.27. The molecule has 1 aliphatic heterocycles. The summed E-state index contributed by atoms with van der Waals surface area (Å²) >= 11 is 1.50. The summed E-state index contributed by atoms with van der Waals surface area (Å²) in [6, 6.07) is 20.1. The number of hydrogen-bond donors (Lipinski definition) is 1. The van der Waals surface area contributed by atoms with Crippen LogP contribution in [0, 0.1) is 0 Å². The summed E-state index contributed by atoms with van der Waals surface area (Å²) in [7, 11) is 0. The lowest BCUT2D eigenvalue weighted by Crippen LogP contribution is -2.44. The highest BCUT2D eigenvalue weighted by atomic mass is 32.2. The van der Waals surface area contributed by atoms with E-state index in [0.717, 1.165) is 35.7 Å². The van der Waals surface area contributed by atoms with Crippen molar-refractivity contribution < 1.29 is 9.59 Å². The number of aromatic nitrogens is 1. The number of carbonyl (C=O) groups excluding carboxylic acids is 2. The standard InChI is InChI=1S/C24H23N3O2S/c28-22(25-19-10-5-8-17-7-1-2-9-18(17)19)15-27-21-12-4-3-11-20(21)26-14-6-13-24(26)30-16-23(27)29/h1-4,6-7,9,11-14,19H,5,8,10,15-16H2,(H,25,28)/t19-/m1/s1. The maximum atomic E-state index is 13.0. The van der Waals surface area contributed by atoms with Gasteiger partial charge in [-0.1, -0.05) is 48.2 Å². The van der Waals surface area contributed by atoms with Gasteiger partial charge in [0.25, 0.3) is 0 Å². The number of rotatable bonds is 3. The van der Waals surface area contributed by atoms with E-state index in [1.54, 1.807) is 4.90 Å². The van der Waals surface area contributed by atoms with Crippen LogP contribution in [0.25, 0.3) is 5.69 Å². The van der Waals surface area contributed by atoms with Gasteiger partial charge < -0.3 is 14.8 Å². The van der Waals surface area contributed by atoms with Crippen LogP contribution in [-0.4, -0.2) is 28.7 Å². The van der Waals surface area contributed by atoms with E-state index in [2.05, 4.69) is 22.0 Å². The lowest BCUT2D eigenvalue weighted by molar-refractivity contribution is -0.123. The Labute approximate surface area is 180 Å². The van der Waals surface area contributed by atoms with Gasteiger partial charge in [-0.3, -0.25) is 9.59 Å². The molecule has 6 heteroatoms. The fourth-order valence-corrected chi connectivity index (χ4v) is 5.29. The molecule has 0 radical (unpaired) electrons. The van der Waals surface area contributed by atoms with Crippen molar-refractivity contribution in [1.82, 2.24) is 9.88 Å². The SMILES string of the molecule is O=C(CN1C(=O)CSc2cccn2-c2ccccc21)N[C@@H]1CCCc2ccccc21. The van der Waals surface area contributed by atoms with E-state index in [1.807, 2.05) is 54.7 Å². The maximum absolute atomic E-state index is 13.0. The first kappa shape index (κ1) is 19.0. The fraction of sp³-hybridized carbons (Fsp3) is 0.250. The number of benzene rings is 2. The Bertz CT molecular complexity index is 1110. The Morgan fingerprint density at radius 3 is 2.73 bits per heavy atom. The maximum Gasteiger partial charge on any atom is 0.240 e. The predicted octanol–water partition coefficient (Wildman–Crippen LogP) is 4.11. The molecular weight excluding hydrogens is 394 g/mol. The summed E-state index contributed by atoms with van der Waals surface area (Å²) in [4.78, 5) is 27.6. The number of thioether (sulfide) groups is 1. The molecule has 5 rings (SSSR count). The average molecular weight is 418 g/mol. The van der Waals surface area contributed by atoms with Gasteiger partial charge in [0.1, 0.15) is 6.54 Å². The van der Waals surface area contributed by atoms with E-state index >= 15 is 0 Å². The van der Waals surface area contributed by atoms with E-state index in [0.29, 0.717) is 5.75 Å². The summed E-state index contributed by atoms with van der Waals surface area (Å²) in [5, 5.41) is 4.20. The van der Waals surface area contributed by atoms with Crippen molar-refractivity contribution in [1.29, 1.82) is 0 Å². The van der Waals surface area contributed by atoms with Crippen molar-refractivity contribution in [2.45, 2.75) is 30.3 Å². The van der Waals surface area contributed by atoms with Gasteiger partial charge in [0.15, 0.2) is 0 Å². The second kappa shape index (κ2) is 8.03. The van der Waals surface area contributed by atoms with E-state index in [4.69, 9.17) is 0 Å². The second-order valence-corrected chi connectivity index (χ2v) is 8.68. The lowest BCUT2D eigenvalue weighted by Gasteiger charge is -2.30. The quantitative estimate of drug-likeness (QED) is 0.698. The topological polar surface area (TPSA) is 54.3 Å². The van der Waals surface area contributed by atoms with Gasteiger partial charge in [-0.2, -0.15) is 0 Å². The molecule has 2 aliphatic rings. The van der Waals surface area contributed by atoms with E-state index in [1.165, 1.54) is 22.9 Å². The van der Waals surface area contributed by atoms with E-state index < -0.39 is 0 Å². The third kappa shape index (κ3) is 3.52. The molecule has 1 aliphatic carbocycles. The smallest absolute Gasteiger partial charge is 0.240 e. The van der Waals surface area contributed by atoms with Gasteiger partial charge in [-0.25, -0.2) is 0 Å². The zero-order chi connectivity index (χ0) is 20.5. The normalized spacial score (nSPS) is 17.9. The molecule has 1 atom stereocenters. The second-order valence-electron chi connectivity index (χ2n) is 7.68. The molecule has 2 aromatic carbocycles. The minimum absolute atomic E-state index is 0.00739. The summed E-state index contributed by atoms with van der Waals surface area (Å²) < 4.78 is 2.08. The summed E-state index contributed by atoms with van der Waals surface area (Å²) in [6.45, 7) is 0.0195. The van der Waals surface area contributed by atoms with Crippen molar-refractivity contribution in [2.24, 2.45) is 0 Å². The highest BCUT2D eigenvalue weighted by Crippen LogP contribution is 2.33. The van der Waals surface area contributed by atoms with Crippen molar-refractivity contribution >= 4 is 29.3 Å². The van der Waals surface area contributed by atoms with Crippen LogP contribution in [0.1, 0.15) is 30.0 Å². The largest absolute Gasteiger partial charge is 0.348 e. The molecule has 1 aromatic heterocycles. The lowest BCUT2D eigenvalue weighted by atomic mass is 9.88. The van der Waals surface area contributed by atoms with Gasteiger partial charge >= 0.3 is 0 Å². The van der Waals surface area contributed by atoms with Crippen molar-refractivity contribution in [2.75, 3.05) is 17.2 Å². The molecule has 2 heterocycles. The number of nitrogens with one attached hydrogen (secondary N) is 1. The Morgan fingerprint density at radius 1 is 1.03 bits per heavy atom. The van der Waals surface area contributed by atoms with Crippen molar-refractivity contribution in [3.63, 3.8) is 0 Å². The van der Waals surface area contributed by atoms with Crippen molar-refractivity contribution in [3.05, 3.63) is 78.0 Å². The number of carbonyl (C=O) groups is 2. The minimum atomic E-state index is -0.127. The number of aryl methyl sites for hydroxylation is 1. The number of amides is 2. The number of nitrogens with zero attached hydrogens (tertiary/aromatic N) is 2. The molecule has 0 fully saturated rings. The fourth-order valence-electron chi connectivity index (χ4n) is 4.39. The summed E-state index contributed by atoms with van der Waals surface area (Å²) in [5.41, 5.74) is 4.18. The summed E-state index contributed by atoms with van der Waals surface area (Å²) in [6.07, 6.45) is 5.03. The zero-order valence-electron chi connectivity index (χ0n) is 16.6. The van der Waals surface area contributed by atoms with E-state index in [-0.39, 0.29) is 24.4 Å². The van der Waals surface area contributed by atoms with Crippen LogP contribution in [0.2, 0.25) is 0 Å². The predicted molar refractivity (Wildman–Crippen MR) is 119 cm³/mol. The third-order valence-corrected chi connectivity index (χ3v) is 6.81. The van der Waals surface area contributed by atoms with Crippen LogP contribution in [0.5, 0.6) is 0 Å². The first-order valence-electron chi connectivity index (χ1n) is 10.3. The van der Waals surface area contributed by atoms with Crippen LogP contribution < -0.4 is 10.2 Å². The summed E-state index contributed by atoms with van der Waals surface area (Å²) in [5.74, 6) is 0.120. The molecule has 0 bridgehead atoms. The van der Waals surface area contributed by atoms with Crippen LogP contribution >= 0.6 is 11.8 Å². The molecule has 0 unspecified atom stereocenters. The Balaban J connectivity index is 1.41. The average Bonchev–Trinajstić information content (AvgIpc) is 3.23. The molecule has 2 amide bonds. The van der Waals surface area contributed by atoms with Gasteiger partial charge in [-0.05, 0) is 54.7 Å². The monoisotopic (exact) mass is 417 g/mol. The zero-order valence-corrected chi connectivity index (χ0v) is 17.4. The molecule has 3 aromatic rings. The first-order valence-corrected chi connectivity index (χ1v) is 11.3. The van der Waals surface area contributed by atoms with Crippen LogP contribution in [-0.2, 0) is 16.0 Å². The van der Waals surface area contributed by atoms with Gasteiger partial charge in [-0.15, -0.1) is 0 Å². The Kier molecular flexibility index (Phi) is 5.09. The molecule has 152 valence electrons. The van der Waals surface area contributed by atoms with Gasteiger partial charge in [0.2, 0.25) is 11.8 Å². The molecule has 30 heavy (non-hydrogen) atoms. The molecule has 0 spiro atoms. The molecule has 0 saturated heterocycles. The Hall–Kier alpha value is -2.99. The van der Waals surface area contributed by atoms with E-state index in [9.17, 15) is 9.59 Å². The van der Waals surface area contributed by atoms with Crippen LogP contribution in [0.4, 0.5) is 5.69 Å². The third-order valence-electron chi connectivity index (χ3n) is 5.79. The molecule has 0 saturated carbocycles. The first-order chi connectivity index (χ1) is 14.7. The number of anilines is 1. The van der Waals surface area contributed by atoms with Crippen LogP contribution in [0.3, 0.4) is 0 Å².